The number of pyridine rings is 1. The second kappa shape index (κ2) is 4.28. The van der Waals surface area contributed by atoms with Crippen LogP contribution in [0.4, 0.5) is 0 Å². The summed E-state index contributed by atoms with van der Waals surface area (Å²) in [5.41, 5.74) is 1.29. The van der Waals surface area contributed by atoms with Crippen molar-refractivity contribution < 1.29 is 4.74 Å². The molecule has 1 saturated carbocycles. The molecular formula is C11H14ClNO. The van der Waals surface area contributed by atoms with E-state index in [0.717, 1.165) is 12.8 Å². The molecule has 1 fully saturated rings. The Kier molecular flexibility index (Phi) is 3.04. The van der Waals surface area contributed by atoms with E-state index in [4.69, 9.17) is 16.3 Å². The molecule has 0 radical (unpaired) electrons. The molecule has 1 aromatic heterocycles. The smallest absolute Gasteiger partial charge is 0.129 e. The quantitative estimate of drug-likeness (QED) is 0.702. The molecule has 0 aromatic carbocycles. The first kappa shape index (κ1) is 9.94. The third-order valence-electron chi connectivity index (χ3n) is 2.94. The van der Waals surface area contributed by atoms with Gasteiger partial charge in [-0.05, 0) is 36.8 Å². The normalized spacial score (nSPS) is 26.7. The molecule has 1 aliphatic carbocycles. The maximum atomic E-state index is 5.74. The lowest BCUT2D eigenvalue weighted by molar-refractivity contribution is 0.108. The van der Waals surface area contributed by atoms with Crippen molar-refractivity contribution in [2.75, 3.05) is 7.11 Å². The molecule has 2 nitrogen and oxygen atoms in total. The SMILES string of the molecule is CO[C@H]1CC[C@H](c2ccc(Cl)nc2)C1. The lowest BCUT2D eigenvalue weighted by Gasteiger charge is -2.09. The predicted octanol–water partition coefficient (Wildman–Crippen LogP) is 3.02. The Bertz CT molecular complexity index is 299. The van der Waals surface area contributed by atoms with Gasteiger partial charge in [0.25, 0.3) is 0 Å². The topological polar surface area (TPSA) is 22.1 Å². The monoisotopic (exact) mass is 211 g/mol. The molecular weight excluding hydrogens is 198 g/mol. The number of aromatic nitrogens is 1. The Morgan fingerprint density at radius 2 is 2.29 bits per heavy atom. The first-order valence-electron chi connectivity index (χ1n) is 4.94. The van der Waals surface area contributed by atoms with Gasteiger partial charge in [0, 0.05) is 13.3 Å². The highest BCUT2D eigenvalue weighted by Gasteiger charge is 2.25. The van der Waals surface area contributed by atoms with Gasteiger partial charge in [0.2, 0.25) is 0 Å². The molecule has 0 amide bonds. The summed E-state index contributed by atoms with van der Waals surface area (Å²) in [5.74, 6) is 0.602. The highest BCUT2D eigenvalue weighted by atomic mass is 35.5. The van der Waals surface area contributed by atoms with E-state index in [1.165, 1.54) is 12.0 Å². The van der Waals surface area contributed by atoms with Crippen LogP contribution in [0.3, 0.4) is 0 Å². The van der Waals surface area contributed by atoms with Crippen molar-refractivity contribution in [3.63, 3.8) is 0 Å². The van der Waals surface area contributed by atoms with Gasteiger partial charge in [0.1, 0.15) is 5.15 Å². The van der Waals surface area contributed by atoms with Crippen molar-refractivity contribution in [3.05, 3.63) is 29.0 Å². The maximum absolute atomic E-state index is 5.74. The number of halogens is 1. The van der Waals surface area contributed by atoms with Crippen molar-refractivity contribution in [3.8, 4) is 0 Å². The molecule has 0 aliphatic heterocycles. The van der Waals surface area contributed by atoms with Crippen molar-refractivity contribution in [2.45, 2.75) is 31.3 Å². The minimum atomic E-state index is 0.427. The summed E-state index contributed by atoms with van der Waals surface area (Å²) in [4.78, 5) is 4.10. The van der Waals surface area contributed by atoms with Gasteiger partial charge in [-0.15, -0.1) is 0 Å². The average molecular weight is 212 g/mol. The molecule has 2 atom stereocenters. The Labute approximate surface area is 89.3 Å². The zero-order valence-electron chi connectivity index (χ0n) is 8.24. The van der Waals surface area contributed by atoms with Gasteiger partial charge in [-0.1, -0.05) is 17.7 Å². The van der Waals surface area contributed by atoms with Gasteiger partial charge < -0.3 is 4.74 Å². The van der Waals surface area contributed by atoms with Crippen molar-refractivity contribution in [1.29, 1.82) is 0 Å². The molecule has 14 heavy (non-hydrogen) atoms. The standard InChI is InChI=1S/C11H14ClNO/c1-14-10-4-2-8(6-10)9-3-5-11(12)13-7-9/h3,5,7-8,10H,2,4,6H2,1H3/t8-,10-/m0/s1. The fourth-order valence-electron chi connectivity index (χ4n) is 2.09. The molecule has 1 heterocycles. The Morgan fingerprint density at radius 1 is 1.43 bits per heavy atom. The summed E-state index contributed by atoms with van der Waals surface area (Å²) in [5, 5.41) is 0.565. The van der Waals surface area contributed by atoms with Crippen LogP contribution in [0.25, 0.3) is 0 Å². The van der Waals surface area contributed by atoms with Crippen LogP contribution in [0.5, 0.6) is 0 Å². The predicted molar refractivity (Wildman–Crippen MR) is 56.6 cm³/mol. The third-order valence-corrected chi connectivity index (χ3v) is 3.16. The Balaban J connectivity index is 2.06. The molecule has 0 spiro atoms. The van der Waals surface area contributed by atoms with Crippen LogP contribution in [-0.2, 0) is 4.74 Å². The number of methoxy groups -OCH3 is 1. The molecule has 0 bridgehead atoms. The Morgan fingerprint density at radius 3 is 2.86 bits per heavy atom. The molecule has 2 rings (SSSR count). The zero-order valence-corrected chi connectivity index (χ0v) is 9.00. The Hall–Kier alpha value is -0.600. The van der Waals surface area contributed by atoms with E-state index < -0.39 is 0 Å². The van der Waals surface area contributed by atoms with Crippen LogP contribution in [0.1, 0.15) is 30.7 Å². The van der Waals surface area contributed by atoms with Gasteiger partial charge >= 0.3 is 0 Å². The van der Waals surface area contributed by atoms with Gasteiger partial charge in [0.05, 0.1) is 6.10 Å². The second-order valence-electron chi connectivity index (χ2n) is 3.78. The summed E-state index contributed by atoms with van der Waals surface area (Å²) in [6.45, 7) is 0. The fraction of sp³-hybridized carbons (Fsp3) is 0.545. The molecule has 76 valence electrons. The van der Waals surface area contributed by atoms with E-state index in [9.17, 15) is 0 Å². The highest BCUT2D eigenvalue weighted by Crippen LogP contribution is 2.35. The summed E-state index contributed by atoms with van der Waals surface area (Å²) in [6, 6.07) is 3.93. The van der Waals surface area contributed by atoms with E-state index in [-0.39, 0.29) is 0 Å². The van der Waals surface area contributed by atoms with Gasteiger partial charge in [-0.25, -0.2) is 4.98 Å². The van der Waals surface area contributed by atoms with Crippen LogP contribution < -0.4 is 0 Å². The average Bonchev–Trinajstić information content (AvgIpc) is 2.67. The van der Waals surface area contributed by atoms with E-state index in [0.29, 0.717) is 17.2 Å². The summed E-state index contributed by atoms with van der Waals surface area (Å²) >= 11 is 5.74. The highest BCUT2D eigenvalue weighted by molar-refractivity contribution is 6.29. The van der Waals surface area contributed by atoms with Crippen molar-refractivity contribution >= 4 is 11.6 Å². The lowest BCUT2D eigenvalue weighted by atomic mass is 10.00. The van der Waals surface area contributed by atoms with Gasteiger partial charge in [-0.2, -0.15) is 0 Å². The molecule has 3 heteroatoms. The molecule has 0 unspecified atom stereocenters. The lowest BCUT2D eigenvalue weighted by Crippen LogP contribution is -2.04. The van der Waals surface area contributed by atoms with Crippen molar-refractivity contribution in [1.82, 2.24) is 4.98 Å². The number of ether oxygens (including phenoxy) is 1. The van der Waals surface area contributed by atoms with Crippen LogP contribution in [0.2, 0.25) is 5.15 Å². The third kappa shape index (κ3) is 2.07. The molecule has 1 aromatic rings. The largest absolute Gasteiger partial charge is 0.381 e. The van der Waals surface area contributed by atoms with E-state index in [1.807, 2.05) is 12.3 Å². The number of nitrogens with zero attached hydrogens (tertiary/aromatic N) is 1. The van der Waals surface area contributed by atoms with Gasteiger partial charge in [-0.3, -0.25) is 0 Å². The van der Waals surface area contributed by atoms with E-state index >= 15 is 0 Å². The van der Waals surface area contributed by atoms with Crippen molar-refractivity contribution in [2.24, 2.45) is 0 Å². The molecule has 0 N–H and O–H groups in total. The number of hydrogen-bond donors (Lipinski definition) is 0. The van der Waals surface area contributed by atoms with Gasteiger partial charge in [0.15, 0.2) is 0 Å². The summed E-state index contributed by atoms with van der Waals surface area (Å²) in [7, 11) is 1.78. The number of rotatable bonds is 2. The summed E-state index contributed by atoms with van der Waals surface area (Å²) < 4.78 is 5.34. The minimum Gasteiger partial charge on any atom is -0.381 e. The second-order valence-corrected chi connectivity index (χ2v) is 4.17. The molecule has 0 saturated heterocycles. The molecule has 1 aliphatic rings. The summed E-state index contributed by atoms with van der Waals surface area (Å²) in [6.07, 6.45) is 5.77. The fourth-order valence-corrected chi connectivity index (χ4v) is 2.20. The van der Waals surface area contributed by atoms with Crippen LogP contribution in [0, 0.1) is 0 Å². The zero-order chi connectivity index (χ0) is 9.97. The van der Waals surface area contributed by atoms with Crippen LogP contribution in [-0.4, -0.2) is 18.2 Å². The van der Waals surface area contributed by atoms with E-state index in [2.05, 4.69) is 11.1 Å². The maximum Gasteiger partial charge on any atom is 0.129 e. The first-order chi connectivity index (χ1) is 6.79. The minimum absolute atomic E-state index is 0.427. The van der Waals surface area contributed by atoms with Crippen LogP contribution in [0.15, 0.2) is 18.3 Å². The van der Waals surface area contributed by atoms with Crippen LogP contribution >= 0.6 is 11.6 Å². The first-order valence-corrected chi connectivity index (χ1v) is 5.31. The number of hydrogen-bond acceptors (Lipinski definition) is 2. The van der Waals surface area contributed by atoms with E-state index in [1.54, 1.807) is 7.11 Å².